The number of hydrogen-bond acceptors (Lipinski definition) is 3. The van der Waals surface area contributed by atoms with Gasteiger partial charge in [-0.05, 0) is 31.5 Å². The van der Waals surface area contributed by atoms with Gasteiger partial charge in [0.1, 0.15) is 0 Å². The maximum Gasteiger partial charge on any atom is 0.338 e. The van der Waals surface area contributed by atoms with Crippen molar-refractivity contribution < 1.29 is 14.6 Å². The molecular weight excluding hydrogens is 180 g/mol. The van der Waals surface area contributed by atoms with E-state index in [1.807, 2.05) is 0 Å². The van der Waals surface area contributed by atoms with E-state index in [0.717, 1.165) is 5.56 Å². The zero-order valence-corrected chi connectivity index (χ0v) is 8.36. The molecule has 14 heavy (non-hydrogen) atoms. The van der Waals surface area contributed by atoms with Gasteiger partial charge in [0.05, 0.1) is 18.3 Å². The van der Waals surface area contributed by atoms with Crippen molar-refractivity contribution in [2.75, 3.05) is 6.61 Å². The number of aliphatic hydroxyl groups excluding tert-OH is 1. The molecule has 1 N–H and O–H groups in total. The summed E-state index contributed by atoms with van der Waals surface area (Å²) in [5, 5.41) is 9.24. The maximum absolute atomic E-state index is 11.2. The minimum Gasteiger partial charge on any atom is -0.462 e. The van der Waals surface area contributed by atoms with E-state index in [1.54, 1.807) is 38.1 Å². The molecule has 1 atom stereocenters. The van der Waals surface area contributed by atoms with Crippen LogP contribution < -0.4 is 0 Å². The van der Waals surface area contributed by atoms with Gasteiger partial charge in [-0.1, -0.05) is 12.1 Å². The van der Waals surface area contributed by atoms with Crippen molar-refractivity contribution in [1.29, 1.82) is 0 Å². The first-order valence-electron chi connectivity index (χ1n) is 4.60. The van der Waals surface area contributed by atoms with Crippen LogP contribution in [-0.4, -0.2) is 17.7 Å². The molecule has 0 saturated carbocycles. The molecule has 0 saturated heterocycles. The van der Waals surface area contributed by atoms with Crippen LogP contribution in [0.3, 0.4) is 0 Å². The van der Waals surface area contributed by atoms with Crippen LogP contribution in [0.4, 0.5) is 0 Å². The summed E-state index contributed by atoms with van der Waals surface area (Å²) in [5.74, 6) is -0.329. The van der Waals surface area contributed by atoms with Crippen LogP contribution >= 0.6 is 0 Å². The summed E-state index contributed by atoms with van der Waals surface area (Å²) in [6.07, 6.45) is -0.508. The Labute approximate surface area is 83.3 Å². The molecule has 1 rings (SSSR count). The minimum absolute atomic E-state index is 0.329. The minimum atomic E-state index is -0.508. The highest BCUT2D eigenvalue weighted by Gasteiger charge is 2.06. The Morgan fingerprint density at radius 1 is 1.43 bits per heavy atom. The van der Waals surface area contributed by atoms with Gasteiger partial charge in [-0.15, -0.1) is 0 Å². The van der Waals surface area contributed by atoms with Gasteiger partial charge in [0.2, 0.25) is 0 Å². The van der Waals surface area contributed by atoms with Crippen molar-refractivity contribution in [1.82, 2.24) is 0 Å². The number of esters is 1. The van der Waals surface area contributed by atoms with Crippen molar-refractivity contribution in [2.24, 2.45) is 0 Å². The number of carbonyl (C=O) groups is 1. The molecule has 0 aliphatic heterocycles. The molecule has 0 spiro atoms. The third kappa shape index (κ3) is 2.57. The Bertz CT molecular complexity index is 301. The summed E-state index contributed by atoms with van der Waals surface area (Å²) >= 11 is 0. The van der Waals surface area contributed by atoms with E-state index in [0.29, 0.717) is 12.2 Å². The summed E-state index contributed by atoms with van der Waals surface area (Å²) in [5.41, 5.74) is 1.30. The normalized spacial score (nSPS) is 12.2. The summed E-state index contributed by atoms with van der Waals surface area (Å²) in [7, 11) is 0. The fraction of sp³-hybridized carbons (Fsp3) is 0.364. The van der Waals surface area contributed by atoms with Crippen molar-refractivity contribution in [3.63, 3.8) is 0 Å². The summed E-state index contributed by atoms with van der Waals surface area (Å²) in [4.78, 5) is 11.2. The zero-order chi connectivity index (χ0) is 10.6. The highest BCUT2D eigenvalue weighted by Crippen LogP contribution is 2.13. The van der Waals surface area contributed by atoms with E-state index in [4.69, 9.17) is 4.74 Å². The van der Waals surface area contributed by atoms with Crippen LogP contribution in [0.15, 0.2) is 24.3 Å². The molecule has 0 unspecified atom stereocenters. The molecule has 0 amide bonds. The SMILES string of the molecule is CCOC(=O)c1ccc([C@H](C)O)cc1. The fourth-order valence-electron chi connectivity index (χ4n) is 1.11. The standard InChI is InChI=1S/C11H14O3/c1-3-14-11(13)10-6-4-9(5-7-10)8(2)12/h4-8,12H,3H2,1-2H3/t8-/m0/s1. The van der Waals surface area contributed by atoms with Crippen molar-refractivity contribution >= 4 is 5.97 Å². The highest BCUT2D eigenvalue weighted by atomic mass is 16.5. The Morgan fingerprint density at radius 2 is 2.00 bits per heavy atom. The van der Waals surface area contributed by atoms with E-state index in [9.17, 15) is 9.90 Å². The van der Waals surface area contributed by atoms with Crippen LogP contribution in [0, 0.1) is 0 Å². The fourth-order valence-corrected chi connectivity index (χ4v) is 1.11. The summed E-state index contributed by atoms with van der Waals surface area (Å²) in [6, 6.07) is 6.74. The monoisotopic (exact) mass is 194 g/mol. The predicted octanol–water partition coefficient (Wildman–Crippen LogP) is 1.92. The lowest BCUT2D eigenvalue weighted by Gasteiger charge is -2.05. The lowest BCUT2D eigenvalue weighted by atomic mass is 10.1. The van der Waals surface area contributed by atoms with Crippen LogP contribution in [0.5, 0.6) is 0 Å². The lowest BCUT2D eigenvalue weighted by molar-refractivity contribution is 0.0526. The molecule has 1 aromatic carbocycles. The average molecular weight is 194 g/mol. The lowest BCUT2D eigenvalue weighted by Crippen LogP contribution is -2.04. The van der Waals surface area contributed by atoms with Gasteiger partial charge in [0, 0.05) is 0 Å². The molecule has 0 aromatic heterocycles. The van der Waals surface area contributed by atoms with Crippen molar-refractivity contribution in [3.8, 4) is 0 Å². The van der Waals surface area contributed by atoms with Gasteiger partial charge < -0.3 is 9.84 Å². The molecule has 76 valence electrons. The highest BCUT2D eigenvalue weighted by molar-refractivity contribution is 5.89. The Hall–Kier alpha value is -1.35. The first-order valence-corrected chi connectivity index (χ1v) is 4.60. The van der Waals surface area contributed by atoms with E-state index in [-0.39, 0.29) is 5.97 Å². The van der Waals surface area contributed by atoms with Gasteiger partial charge in [-0.3, -0.25) is 0 Å². The molecule has 0 heterocycles. The van der Waals surface area contributed by atoms with Gasteiger partial charge in [0.25, 0.3) is 0 Å². The number of carbonyl (C=O) groups excluding carboxylic acids is 1. The van der Waals surface area contributed by atoms with E-state index in [2.05, 4.69) is 0 Å². The van der Waals surface area contributed by atoms with Gasteiger partial charge in [0.15, 0.2) is 0 Å². The smallest absolute Gasteiger partial charge is 0.338 e. The summed E-state index contributed by atoms with van der Waals surface area (Å²) < 4.78 is 4.83. The molecule has 0 bridgehead atoms. The second-order valence-electron chi connectivity index (χ2n) is 3.02. The molecular formula is C11H14O3. The maximum atomic E-state index is 11.2. The molecule has 0 aliphatic carbocycles. The molecule has 3 nitrogen and oxygen atoms in total. The quantitative estimate of drug-likeness (QED) is 0.748. The van der Waals surface area contributed by atoms with E-state index < -0.39 is 6.10 Å². The number of aliphatic hydroxyl groups is 1. The van der Waals surface area contributed by atoms with Crippen molar-refractivity contribution in [2.45, 2.75) is 20.0 Å². The molecule has 0 aliphatic rings. The van der Waals surface area contributed by atoms with Crippen LogP contribution in [-0.2, 0) is 4.74 Å². The second-order valence-corrected chi connectivity index (χ2v) is 3.02. The van der Waals surface area contributed by atoms with E-state index in [1.165, 1.54) is 0 Å². The van der Waals surface area contributed by atoms with Crippen LogP contribution in [0.2, 0.25) is 0 Å². The number of benzene rings is 1. The topological polar surface area (TPSA) is 46.5 Å². The average Bonchev–Trinajstić information content (AvgIpc) is 2.18. The predicted molar refractivity (Wildman–Crippen MR) is 53.0 cm³/mol. The zero-order valence-electron chi connectivity index (χ0n) is 8.36. The molecule has 3 heteroatoms. The van der Waals surface area contributed by atoms with Crippen molar-refractivity contribution in [3.05, 3.63) is 35.4 Å². The van der Waals surface area contributed by atoms with Crippen LogP contribution in [0.1, 0.15) is 35.9 Å². The van der Waals surface area contributed by atoms with Gasteiger partial charge in [-0.25, -0.2) is 4.79 Å². The Balaban J connectivity index is 2.78. The van der Waals surface area contributed by atoms with Gasteiger partial charge in [-0.2, -0.15) is 0 Å². The Kier molecular flexibility index (Phi) is 3.65. The van der Waals surface area contributed by atoms with Crippen LogP contribution in [0.25, 0.3) is 0 Å². The number of ether oxygens (including phenoxy) is 1. The van der Waals surface area contributed by atoms with Gasteiger partial charge >= 0.3 is 5.97 Å². The number of hydrogen-bond donors (Lipinski definition) is 1. The first kappa shape index (κ1) is 10.7. The largest absolute Gasteiger partial charge is 0.462 e. The first-order chi connectivity index (χ1) is 6.65. The molecule has 0 fully saturated rings. The van der Waals surface area contributed by atoms with E-state index >= 15 is 0 Å². The molecule has 0 radical (unpaired) electrons. The third-order valence-corrected chi connectivity index (χ3v) is 1.90. The summed E-state index contributed by atoms with van der Waals surface area (Å²) in [6.45, 7) is 3.82. The second kappa shape index (κ2) is 4.77. The molecule has 1 aromatic rings. The Morgan fingerprint density at radius 3 is 2.43 bits per heavy atom. The number of rotatable bonds is 3. The third-order valence-electron chi connectivity index (χ3n) is 1.90.